The van der Waals surface area contributed by atoms with Crippen molar-refractivity contribution < 1.29 is 19.1 Å². The van der Waals surface area contributed by atoms with Crippen molar-refractivity contribution in [1.82, 2.24) is 0 Å². The van der Waals surface area contributed by atoms with E-state index in [1.165, 1.54) is 12.0 Å². The van der Waals surface area contributed by atoms with E-state index in [1.54, 1.807) is 61.7 Å². The Morgan fingerprint density at radius 1 is 0.875 bits per heavy atom. The quantitative estimate of drug-likeness (QED) is 0.534. The van der Waals surface area contributed by atoms with Gasteiger partial charge in [-0.15, -0.1) is 0 Å². The second-order valence-electron chi connectivity index (χ2n) is 7.18. The lowest BCUT2D eigenvalue weighted by Crippen LogP contribution is -2.33. The summed E-state index contributed by atoms with van der Waals surface area (Å²) in [5, 5.41) is 3.66. The Morgan fingerprint density at radius 3 is 2.25 bits per heavy atom. The number of para-hydroxylation sites is 1. The molecule has 0 fully saturated rings. The van der Waals surface area contributed by atoms with E-state index >= 15 is 0 Å². The first-order chi connectivity index (χ1) is 15.4. The van der Waals surface area contributed by atoms with Crippen LogP contribution in [-0.4, -0.2) is 26.0 Å². The number of aryl methyl sites for hydroxylation is 1. The van der Waals surface area contributed by atoms with E-state index < -0.39 is 11.8 Å². The molecular formula is C25H21ClN2O4. The Morgan fingerprint density at radius 2 is 1.59 bits per heavy atom. The number of amides is 2. The number of carbonyl (C=O) groups is 2. The molecule has 162 valence electrons. The van der Waals surface area contributed by atoms with Crippen LogP contribution in [0.4, 0.5) is 11.4 Å². The zero-order chi connectivity index (χ0) is 22.8. The van der Waals surface area contributed by atoms with Crippen LogP contribution in [0.25, 0.3) is 5.57 Å². The highest BCUT2D eigenvalue weighted by atomic mass is 35.5. The monoisotopic (exact) mass is 448 g/mol. The zero-order valence-electron chi connectivity index (χ0n) is 17.8. The van der Waals surface area contributed by atoms with Crippen molar-refractivity contribution in [3.8, 4) is 11.5 Å². The zero-order valence-corrected chi connectivity index (χ0v) is 18.6. The van der Waals surface area contributed by atoms with Crippen molar-refractivity contribution >= 4 is 40.4 Å². The summed E-state index contributed by atoms with van der Waals surface area (Å²) in [5.41, 5.74) is 2.87. The molecule has 1 N–H and O–H groups in total. The second kappa shape index (κ2) is 8.77. The van der Waals surface area contributed by atoms with Gasteiger partial charge in [0.05, 0.1) is 31.2 Å². The molecule has 0 bridgehead atoms. The highest BCUT2D eigenvalue weighted by Gasteiger charge is 2.41. The largest absolute Gasteiger partial charge is 0.497 e. The minimum Gasteiger partial charge on any atom is -0.497 e. The third kappa shape index (κ3) is 3.81. The third-order valence-electron chi connectivity index (χ3n) is 5.24. The van der Waals surface area contributed by atoms with Crippen molar-refractivity contribution in [1.29, 1.82) is 0 Å². The van der Waals surface area contributed by atoms with Crippen LogP contribution in [0.1, 0.15) is 11.1 Å². The minimum atomic E-state index is -0.452. The van der Waals surface area contributed by atoms with Crippen LogP contribution in [0, 0.1) is 6.92 Å². The predicted molar refractivity (Wildman–Crippen MR) is 125 cm³/mol. The fourth-order valence-electron chi connectivity index (χ4n) is 3.60. The summed E-state index contributed by atoms with van der Waals surface area (Å²) >= 11 is 6.04. The molecule has 3 aromatic carbocycles. The van der Waals surface area contributed by atoms with E-state index in [0.29, 0.717) is 33.5 Å². The number of hydrogen-bond acceptors (Lipinski definition) is 5. The molecule has 0 unspecified atom stereocenters. The summed E-state index contributed by atoms with van der Waals surface area (Å²) in [4.78, 5) is 28.3. The smallest absolute Gasteiger partial charge is 0.282 e. The van der Waals surface area contributed by atoms with Crippen molar-refractivity contribution in [3.05, 3.63) is 88.6 Å². The van der Waals surface area contributed by atoms with Crippen LogP contribution in [0.3, 0.4) is 0 Å². The topological polar surface area (TPSA) is 67.9 Å². The summed E-state index contributed by atoms with van der Waals surface area (Å²) in [5.74, 6) is 0.213. The lowest BCUT2D eigenvalue weighted by Gasteiger charge is -2.18. The highest BCUT2D eigenvalue weighted by molar-refractivity contribution is 6.46. The molecule has 0 aromatic heterocycles. The Balaban J connectivity index is 1.85. The molecule has 0 saturated heterocycles. The van der Waals surface area contributed by atoms with Gasteiger partial charge in [-0.05, 0) is 48.4 Å². The Bertz CT molecular complexity index is 1230. The summed E-state index contributed by atoms with van der Waals surface area (Å²) in [7, 11) is 3.08. The molecule has 3 aromatic rings. The molecule has 4 rings (SSSR count). The number of ether oxygens (including phenoxy) is 2. The molecular weight excluding hydrogens is 428 g/mol. The van der Waals surface area contributed by atoms with Crippen LogP contribution in [0.15, 0.2) is 72.4 Å². The summed E-state index contributed by atoms with van der Waals surface area (Å²) < 4.78 is 10.7. The number of imide groups is 1. The average Bonchev–Trinajstić information content (AvgIpc) is 3.04. The van der Waals surface area contributed by atoms with Gasteiger partial charge in [0, 0.05) is 11.1 Å². The van der Waals surface area contributed by atoms with Crippen molar-refractivity contribution in [2.75, 3.05) is 24.4 Å². The fraction of sp³-hybridized carbons (Fsp3) is 0.120. The van der Waals surface area contributed by atoms with Gasteiger partial charge in [-0.1, -0.05) is 41.9 Å². The van der Waals surface area contributed by atoms with Crippen LogP contribution in [-0.2, 0) is 9.59 Å². The van der Waals surface area contributed by atoms with E-state index in [9.17, 15) is 9.59 Å². The second-order valence-corrected chi connectivity index (χ2v) is 7.62. The van der Waals surface area contributed by atoms with E-state index in [4.69, 9.17) is 21.1 Å². The molecule has 7 heteroatoms. The Labute approximate surface area is 191 Å². The lowest BCUT2D eigenvalue weighted by molar-refractivity contribution is -0.120. The van der Waals surface area contributed by atoms with Gasteiger partial charge in [0.2, 0.25) is 0 Å². The van der Waals surface area contributed by atoms with Gasteiger partial charge in [0.25, 0.3) is 11.8 Å². The summed E-state index contributed by atoms with van der Waals surface area (Å²) in [6.07, 6.45) is 0. The molecule has 0 radical (unpaired) electrons. The third-order valence-corrected chi connectivity index (χ3v) is 5.49. The van der Waals surface area contributed by atoms with Gasteiger partial charge in [-0.2, -0.15) is 0 Å². The maximum atomic E-state index is 13.5. The molecule has 32 heavy (non-hydrogen) atoms. The number of rotatable bonds is 6. The number of nitrogens with one attached hydrogen (secondary N) is 1. The molecule has 0 atom stereocenters. The van der Waals surface area contributed by atoms with Crippen LogP contribution in [0.2, 0.25) is 5.02 Å². The molecule has 1 heterocycles. The number of halogens is 1. The maximum Gasteiger partial charge on any atom is 0.282 e. The summed E-state index contributed by atoms with van der Waals surface area (Å²) in [6.45, 7) is 1.86. The molecule has 1 aliphatic heterocycles. The molecule has 0 saturated carbocycles. The minimum absolute atomic E-state index is 0.157. The molecule has 0 spiro atoms. The SMILES string of the molecule is COc1ccc(NC2=C(c3ccc(Cl)cc3)C(=O)N(c3ccccc3C)C2=O)c(OC)c1. The van der Waals surface area contributed by atoms with Gasteiger partial charge in [-0.3, -0.25) is 9.59 Å². The first kappa shape index (κ1) is 21.5. The number of nitrogens with zero attached hydrogens (tertiary/aromatic N) is 1. The van der Waals surface area contributed by atoms with Crippen molar-refractivity contribution in [2.24, 2.45) is 0 Å². The van der Waals surface area contributed by atoms with Crippen LogP contribution < -0.4 is 19.7 Å². The maximum absolute atomic E-state index is 13.5. The first-order valence-electron chi connectivity index (χ1n) is 9.88. The van der Waals surface area contributed by atoms with Crippen molar-refractivity contribution in [3.63, 3.8) is 0 Å². The van der Waals surface area contributed by atoms with Gasteiger partial charge in [0.15, 0.2) is 0 Å². The normalized spacial score (nSPS) is 13.6. The number of benzene rings is 3. The lowest BCUT2D eigenvalue weighted by atomic mass is 10.0. The number of hydrogen-bond donors (Lipinski definition) is 1. The highest BCUT2D eigenvalue weighted by Crippen LogP contribution is 2.37. The first-order valence-corrected chi connectivity index (χ1v) is 10.3. The average molecular weight is 449 g/mol. The standard InChI is InChI=1S/C25H21ClN2O4/c1-15-6-4-5-7-20(15)28-24(29)22(16-8-10-17(26)11-9-16)23(25(28)30)27-19-13-12-18(31-2)14-21(19)32-3/h4-14,27H,1-3H3. The molecule has 0 aliphatic carbocycles. The summed E-state index contributed by atoms with van der Waals surface area (Å²) in [6, 6.07) is 19.2. The Hall–Kier alpha value is -3.77. The molecule has 6 nitrogen and oxygen atoms in total. The van der Waals surface area contributed by atoms with E-state index in [2.05, 4.69) is 5.32 Å². The number of methoxy groups -OCH3 is 2. The van der Waals surface area contributed by atoms with Gasteiger partial charge < -0.3 is 14.8 Å². The van der Waals surface area contributed by atoms with E-state index in [-0.39, 0.29) is 11.3 Å². The van der Waals surface area contributed by atoms with Gasteiger partial charge in [-0.25, -0.2) is 4.90 Å². The van der Waals surface area contributed by atoms with E-state index in [0.717, 1.165) is 5.56 Å². The predicted octanol–water partition coefficient (Wildman–Crippen LogP) is 5.06. The molecule has 1 aliphatic rings. The number of anilines is 2. The molecule has 2 amide bonds. The number of carbonyl (C=O) groups excluding carboxylic acids is 2. The van der Waals surface area contributed by atoms with Gasteiger partial charge in [0.1, 0.15) is 17.2 Å². The van der Waals surface area contributed by atoms with Crippen molar-refractivity contribution in [2.45, 2.75) is 6.92 Å². The van der Waals surface area contributed by atoms with Crippen LogP contribution in [0.5, 0.6) is 11.5 Å². The van der Waals surface area contributed by atoms with Gasteiger partial charge >= 0.3 is 0 Å². The van der Waals surface area contributed by atoms with Crippen LogP contribution >= 0.6 is 11.6 Å². The van der Waals surface area contributed by atoms with E-state index in [1.807, 2.05) is 19.1 Å². The fourth-order valence-corrected chi connectivity index (χ4v) is 3.73. The Kier molecular flexibility index (Phi) is 5.88.